The lowest BCUT2D eigenvalue weighted by atomic mass is 9.89. The van der Waals surface area contributed by atoms with Crippen molar-refractivity contribution in [3.05, 3.63) is 35.9 Å². The molecule has 0 saturated carbocycles. The maximum atomic E-state index is 14.5. The summed E-state index contributed by atoms with van der Waals surface area (Å²) >= 11 is 0. The lowest BCUT2D eigenvalue weighted by molar-refractivity contribution is -0.148. The smallest absolute Gasteiger partial charge is 0.246 e. The summed E-state index contributed by atoms with van der Waals surface area (Å²) < 4.78 is 23.0. The van der Waals surface area contributed by atoms with Crippen LogP contribution < -0.4 is 21.7 Å². The van der Waals surface area contributed by atoms with Crippen molar-refractivity contribution in [1.82, 2.24) is 35.6 Å². The molecule has 0 spiro atoms. The third kappa shape index (κ3) is 17.0. The molecule has 5 N–H and O–H groups in total. The molecule has 2 saturated heterocycles. The normalized spacial score (nSPS) is 19.7. The predicted molar refractivity (Wildman–Crippen MR) is 266 cm³/mol. The number of nitrogens with zero attached hydrogens (tertiary/aromatic N) is 4. The Morgan fingerprint density at radius 3 is 2.01 bits per heavy atom. The Morgan fingerprint density at radius 2 is 1.43 bits per heavy atom. The number of likely N-dealkylation sites (N-methyl/N-ethyl adjacent to an activating group) is 2. The van der Waals surface area contributed by atoms with E-state index in [0.717, 1.165) is 5.56 Å². The van der Waals surface area contributed by atoms with Gasteiger partial charge in [-0.25, -0.2) is 0 Å². The second-order valence-electron chi connectivity index (χ2n) is 19.7. The van der Waals surface area contributed by atoms with Gasteiger partial charge >= 0.3 is 0 Å². The summed E-state index contributed by atoms with van der Waals surface area (Å²) in [6, 6.07) is 5.58. The number of ether oxygens (including phenoxy) is 4. The van der Waals surface area contributed by atoms with Crippen molar-refractivity contribution in [2.45, 2.75) is 142 Å². The standard InChI is InChI=1S/C51H88N8O10/c1-13-35(6)45(57(10)51(65)43(33(2)3)55-49(63)44(34(4)5)56(8)9)41(66-11)32-42(60)58-25-17-21-39(58)46(67-12)36(7)47(61)54-38(31-37-19-15-14-16-20-37)50(64)59-26-18-22-40(59)48(62)53-24-28-69-30-29-68-27-23-52/h14-16,19-20,33-36,38-41,43-46H,13,17-18,21-32,52H2,1-12H3,(H,53,62)(H,54,61)(H,55,63)/t35?,36?,38-,39?,40+,41?,43-,44?,45?,46?/m0/s1. The average molecular weight is 973 g/mol. The number of rotatable bonds is 30. The van der Waals surface area contributed by atoms with E-state index in [1.807, 2.05) is 90.9 Å². The van der Waals surface area contributed by atoms with Gasteiger partial charge < -0.3 is 55.3 Å². The molecule has 0 aromatic heterocycles. The van der Waals surface area contributed by atoms with Gasteiger partial charge in [0.2, 0.25) is 35.4 Å². The number of likely N-dealkylation sites (tertiary alicyclic amines) is 2. The van der Waals surface area contributed by atoms with Gasteiger partial charge in [-0.2, -0.15) is 0 Å². The molecule has 392 valence electrons. The van der Waals surface area contributed by atoms with Gasteiger partial charge in [0.05, 0.1) is 69.1 Å². The largest absolute Gasteiger partial charge is 0.379 e. The Morgan fingerprint density at radius 1 is 0.797 bits per heavy atom. The third-order valence-corrected chi connectivity index (χ3v) is 13.9. The SMILES string of the molecule is CCC(C)C(C(CC(=O)N1CCCC1C(OC)C(C)C(=O)N[C@@H](Cc1ccccc1)C(=O)N1CCC[C@@H]1C(=O)NCCOCCOCCN)OC)N(C)C(=O)[C@@H](NC(=O)C(C(C)C)N(C)C)C(C)C. The zero-order chi connectivity index (χ0) is 51.4. The molecule has 1 aromatic rings. The number of carbonyl (C=O) groups is 6. The Labute approximate surface area is 412 Å². The monoisotopic (exact) mass is 973 g/mol. The van der Waals surface area contributed by atoms with E-state index in [4.69, 9.17) is 24.7 Å². The van der Waals surface area contributed by atoms with Gasteiger partial charge in [0, 0.05) is 53.9 Å². The number of carbonyl (C=O) groups excluding carboxylic acids is 6. The van der Waals surface area contributed by atoms with E-state index < -0.39 is 60.3 Å². The van der Waals surface area contributed by atoms with E-state index in [1.165, 1.54) is 7.11 Å². The molecule has 69 heavy (non-hydrogen) atoms. The summed E-state index contributed by atoms with van der Waals surface area (Å²) in [6.45, 7) is 16.6. The molecule has 0 bridgehead atoms. The number of hydrogen-bond acceptors (Lipinski definition) is 12. The fourth-order valence-electron chi connectivity index (χ4n) is 10.0. The highest BCUT2D eigenvalue weighted by Gasteiger charge is 2.44. The average Bonchev–Trinajstić information content (AvgIpc) is 4.02. The molecule has 18 heteroatoms. The van der Waals surface area contributed by atoms with Gasteiger partial charge in [-0.15, -0.1) is 0 Å². The lowest BCUT2D eigenvalue weighted by Crippen LogP contribution is -2.59. The third-order valence-electron chi connectivity index (χ3n) is 13.9. The molecule has 2 fully saturated rings. The highest BCUT2D eigenvalue weighted by Crippen LogP contribution is 2.30. The van der Waals surface area contributed by atoms with Crippen LogP contribution in [0.3, 0.4) is 0 Å². The van der Waals surface area contributed by atoms with Crippen LogP contribution in [0.15, 0.2) is 30.3 Å². The van der Waals surface area contributed by atoms with Crippen molar-refractivity contribution in [3.63, 3.8) is 0 Å². The summed E-state index contributed by atoms with van der Waals surface area (Å²) in [5, 5.41) is 8.98. The molecule has 2 aliphatic rings. The minimum atomic E-state index is -0.973. The molecule has 1 aromatic carbocycles. The first-order valence-electron chi connectivity index (χ1n) is 25.2. The molecule has 0 aliphatic carbocycles. The Bertz CT molecular complexity index is 1750. The van der Waals surface area contributed by atoms with Crippen LogP contribution >= 0.6 is 0 Å². The molecule has 6 amide bonds. The van der Waals surface area contributed by atoms with Crippen molar-refractivity contribution in [1.29, 1.82) is 0 Å². The minimum absolute atomic E-state index is 0.0209. The summed E-state index contributed by atoms with van der Waals surface area (Å²) in [5.74, 6) is -2.73. The maximum Gasteiger partial charge on any atom is 0.246 e. The van der Waals surface area contributed by atoms with Crippen LogP contribution in [0.25, 0.3) is 0 Å². The molecular formula is C51H88N8O10. The van der Waals surface area contributed by atoms with E-state index in [0.29, 0.717) is 71.6 Å². The van der Waals surface area contributed by atoms with E-state index in [2.05, 4.69) is 16.0 Å². The van der Waals surface area contributed by atoms with Crippen LogP contribution in [0, 0.1) is 23.7 Å². The van der Waals surface area contributed by atoms with Crippen molar-refractivity contribution in [2.75, 3.05) is 88.0 Å². The van der Waals surface area contributed by atoms with Crippen molar-refractivity contribution in [2.24, 2.45) is 29.4 Å². The molecule has 3 rings (SSSR count). The fraction of sp³-hybridized carbons (Fsp3) is 0.765. The van der Waals surface area contributed by atoms with Gasteiger partial charge in [0.15, 0.2) is 0 Å². The molecule has 0 radical (unpaired) electrons. The molecule has 7 unspecified atom stereocenters. The number of hydrogen-bond donors (Lipinski definition) is 4. The van der Waals surface area contributed by atoms with Gasteiger partial charge in [-0.05, 0) is 63.1 Å². The van der Waals surface area contributed by atoms with Gasteiger partial charge in [-0.3, -0.25) is 33.7 Å². The summed E-state index contributed by atoms with van der Waals surface area (Å²) in [7, 11) is 8.49. The van der Waals surface area contributed by atoms with E-state index in [1.54, 1.807) is 35.8 Å². The Balaban J connectivity index is 1.78. The van der Waals surface area contributed by atoms with Crippen LogP contribution in [0.5, 0.6) is 0 Å². The first-order chi connectivity index (χ1) is 32.8. The van der Waals surface area contributed by atoms with Gasteiger partial charge in [-0.1, -0.05) is 85.2 Å². The maximum absolute atomic E-state index is 14.5. The summed E-state index contributed by atoms with van der Waals surface area (Å²) in [4.78, 5) is 91.5. The van der Waals surface area contributed by atoms with Crippen LogP contribution in [-0.4, -0.2) is 191 Å². The van der Waals surface area contributed by atoms with Crippen LogP contribution in [0.2, 0.25) is 0 Å². The number of benzene rings is 1. The van der Waals surface area contributed by atoms with Gasteiger partial charge in [0.25, 0.3) is 0 Å². The quantitative estimate of drug-likeness (QED) is 0.0820. The zero-order valence-electron chi connectivity index (χ0n) is 43.9. The Hall–Kier alpha value is -4.20. The Kier molecular flexibility index (Phi) is 25.6. The molecule has 10 atom stereocenters. The summed E-state index contributed by atoms with van der Waals surface area (Å²) in [6.07, 6.45) is 1.91. The minimum Gasteiger partial charge on any atom is -0.379 e. The van der Waals surface area contributed by atoms with Gasteiger partial charge in [0.1, 0.15) is 18.1 Å². The zero-order valence-corrected chi connectivity index (χ0v) is 43.9. The predicted octanol–water partition coefficient (Wildman–Crippen LogP) is 2.46. The summed E-state index contributed by atoms with van der Waals surface area (Å²) in [5.41, 5.74) is 6.29. The molecule has 2 heterocycles. The topological polar surface area (TPSA) is 214 Å². The number of methoxy groups -OCH3 is 2. The molecular weight excluding hydrogens is 885 g/mol. The van der Waals surface area contributed by atoms with Crippen LogP contribution in [0.4, 0.5) is 0 Å². The first kappa shape index (κ1) is 59.1. The number of nitrogens with two attached hydrogens (primary N) is 1. The van der Waals surface area contributed by atoms with Crippen LogP contribution in [-0.2, 0) is 54.1 Å². The highest BCUT2D eigenvalue weighted by atomic mass is 16.5. The van der Waals surface area contributed by atoms with E-state index in [-0.39, 0.29) is 73.3 Å². The molecule has 18 nitrogen and oxygen atoms in total. The lowest BCUT2D eigenvalue weighted by Gasteiger charge is -2.41. The van der Waals surface area contributed by atoms with Crippen LogP contribution in [0.1, 0.15) is 92.6 Å². The van der Waals surface area contributed by atoms with Crippen molar-refractivity contribution >= 4 is 35.4 Å². The number of amides is 6. The fourth-order valence-corrected chi connectivity index (χ4v) is 10.0. The highest BCUT2D eigenvalue weighted by molar-refractivity contribution is 5.93. The number of nitrogens with one attached hydrogen (secondary N) is 3. The van der Waals surface area contributed by atoms with E-state index in [9.17, 15) is 28.8 Å². The second-order valence-corrected chi connectivity index (χ2v) is 19.7. The second kappa shape index (κ2) is 29.9. The first-order valence-corrected chi connectivity index (χ1v) is 25.2. The van der Waals surface area contributed by atoms with Crippen molar-refractivity contribution in [3.8, 4) is 0 Å². The molecule has 2 aliphatic heterocycles. The van der Waals surface area contributed by atoms with E-state index >= 15 is 0 Å². The van der Waals surface area contributed by atoms with Crippen molar-refractivity contribution < 1.29 is 47.7 Å².